The number of amides is 1. The van der Waals surface area contributed by atoms with E-state index >= 15 is 0 Å². The molecule has 4 nitrogen and oxygen atoms in total. The Bertz CT molecular complexity index is 1010. The maximum Gasteiger partial charge on any atom is 0.416 e. The monoisotopic (exact) mass is 373 g/mol. The Hall–Kier alpha value is -2.70. The van der Waals surface area contributed by atoms with Gasteiger partial charge in [0.2, 0.25) is 5.91 Å². The van der Waals surface area contributed by atoms with Crippen molar-refractivity contribution in [3.63, 3.8) is 0 Å². The van der Waals surface area contributed by atoms with E-state index in [1.54, 1.807) is 24.3 Å². The van der Waals surface area contributed by atoms with Gasteiger partial charge in [-0.25, -0.2) is 9.97 Å². The minimum absolute atomic E-state index is 0.0636. The summed E-state index contributed by atoms with van der Waals surface area (Å²) in [5, 5.41) is 2.69. The van der Waals surface area contributed by atoms with Crippen LogP contribution in [0.15, 0.2) is 36.4 Å². The maximum atomic E-state index is 13.3. The number of rotatable bonds is 2. The molecule has 0 bridgehead atoms. The van der Waals surface area contributed by atoms with Gasteiger partial charge in [0.1, 0.15) is 5.52 Å². The Balaban J connectivity index is 1.82. The van der Waals surface area contributed by atoms with Crippen LogP contribution in [0.4, 0.5) is 18.9 Å². The lowest BCUT2D eigenvalue weighted by Crippen LogP contribution is -2.25. The fourth-order valence-electron chi connectivity index (χ4n) is 3.58. The summed E-state index contributed by atoms with van der Waals surface area (Å²) in [6, 6.07) is 8.90. The molecular formula is C20H18F3N3O. The van der Waals surface area contributed by atoms with Crippen LogP contribution in [0.2, 0.25) is 0 Å². The normalized spacial score (nSPS) is 16.0. The highest BCUT2D eigenvalue weighted by atomic mass is 19.4. The molecule has 1 aliphatic rings. The van der Waals surface area contributed by atoms with Crippen LogP contribution in [0.5, 0.6) is 0 Å². The van der Waals surface area contributed by atoms with Crippen LogP contribution in [-0.2, 0) is 11.0 Å². The van der Waals surface area contributed by atoms with Gasteiger partial charge in [-0.15, -0.1) is 0 Å². The Morgan fingerprint density at radius 2 is 1.63 bits per heavy atom. The van der Waals surface area contributed by atoms with Gasteiger partial charge in [-0.2, -0.15) is 13.2 Å². The van der Waals surface area contributed by atoms with Crippen molar-refractivity contribution in [3.05, 3.63) is 42.0 Å². The van der Waals surface area contributed by atoms with Gasteiger partial charge in [0.05, 0.1) is 27.8 Å². The quantitative estimate of drug-likeness (QED) is 0.619. The first-order valence-corrected chi connectivity index (χ1v) is 9.00. The van der Waals surface area contributed by atoms with Gasteiger partial charge in [0.25, 0.3) is 0 Å². The van der Waals surface area contributed by atoms with Crippen LogP contribution >= 0.6 is 0 Å². The number of para-hydroxylation sites is 2. The van der Waals surface area contributed by atoms with E-state index < -0.39 is 11.7 Å². The van der Waals surface area contributed by atoms with Gasteiger partial charge >= 0.3 is 6.18 Å². The number of fused-ring (bicyclic) bond motifs is 2. The molecule has 1 aromatic heterocycles. The Kier molecular flexibility index (Phi) is 4.45. The van der Waals surface area contributed by atoms with Crippen LogP contribution in [-0.4, -0.2) is 15.9 Å². The number of hydrogen-bond donors (Lipinski definition) is 1. The Morgan fingerprint density at radius 1 is 0.963 bits per heavy atom. The van der Waals surface area contributed by atoms with E-state index in [4.69, 9.17) is 0 Å². The highest BCUT2D eigenvalue weighted by Gasteiger charge is 2.32. The number of halogens is 3. The molecule has 1 heterocycles. The largest absolute Gasteiger partial charge is 0.416 e. The lowest BCUT2D eigenvalue weighted by molar-refractivity contribution is -0.137. The van der Waals surface area contributed by atoms with E-state index in [0.717, 1.165) is 44.2 Å². The average Bonchev–Trinajstić information content (AvgIpc) is 2.66. The molecule has 140 valence electrons. The van der Waals surface area contributed by atoms with E-state index in [9.17, 15) is 18.0 Å². The molecule has 0 radical (unpaired) electrons. The average molecular weight is 373 g/mol. The van der Waals surface area contributed by atoms with Crippen molar-refractivity contribution < 1.29 is 18.0 Å². The second-order valence-electron chi connectivity index (χ2n) is 6.93. The van der Waals surface area contributed by atoms with Gasteiger partial charge < -0.3 is 5.32 Å². The molecule has 1 fully saturated rings. The number of nitrogens with one attached hydrogen (secondary N) is 1. The van der Waals surface area contributed by atoms with Crippen LogP contribution < -0.4 is 5.32 Å². The number of aromatic nitrogens is 2. The first kappa shape index (κ1) is 17.7. The number of benzene rings is 2. The minimum atomic E-state index is -4.54. The van der Waals surface area contributed by atoms with Crippen molar-refractivity contribution in [2.24, 2.45) is 5.92 Å². The van der Waals surface area contributed by atoms with Gasteiger partial charge in [-0.3, -0.25) is 4.79 Å². The lowest BCUT2D eigenvalue weighted by Gasteiger charge is -2.21. The van der Waals surface area contributed by atoms with E-state index in [0.29, 0.717) is 11.0 Å². The van der Waals surface area contributed by atoms with Crippen molar-refractivity contribution in [1.29, 1.82) is 0 Å². The molecule has 0 aliphatic heterocycles. The summed E-state index contributed by atoms with van der Waals surface area (Å²) in [5.41, 5.74) is 0.673. The topological polar surface area (TPSA) is 54.9 Å². The molecule has 0 unspecified atom stereocenters. The van der Waals surface area contributed by atoms with Gasteiger partial charge in [0, 0.05) is 5.92 Å². The highest BCUT2D eigenvalue weighted by molar-refractivity contribution is 6.02. The molecule has 0 saturated heterocycles. The SMILES string of the molecule is O=C(Nc1cc(C(F)(F)F)cc2nc3ccccc3nc12)C1CCCCC1. The Labute approximate surface area is 153 Å². The lowest BCUT2D eigenvalue weighted by atomic mass is 9.88. The molecule has 0 atom stereocenters. The summed E-state index contributed by atoms with van der Waals surface area (Å²) >= 11 is 0. The van der Waals surface area contributed by atoms with Crippen molar-refractivity contribution in [2.45, 2.75) is 38.3 Å². The van der Waals surface area contributed by atoms with Crippen LogP contribution in [0.3, 0.4) is 0 Å². The van der Waals surface area contributed by atoms with Crippen molar-refractivity contribution in [3.8, 4) is 0 Å². The smallest absolute Gasteiger partial charge is 0.324 e. The number of carbonyl (C=O) groups is 1. The van der Waals surface area contributed by atoms with Crippen LogP contribution in [0.25, 0.3) is 22.1 Å². The molecule has 27 heavy (non-hydrogen) atoms. The summed E-state index contributed by atoms with van der Waals surface area (Å²) < 4.78 is 40.0. The first-order chi connectivity index (χ1) is 12.9. The van der Waals surface area contributed by atoms with E-state index in [2.05, 4.69) is 15.3 Å². The summed E-state index contributed by atoms with van der Waals surface area (Å²) in [4.78, 5) is 21.4. The summed E-state index contributed by atoms with van der Waals surface area (Å²) in [7, 11) is 0. The fourth-order valence-corrected chi connectivity index (χ4v) is 3.58. The van der Waals surface area contributed by atoms with Crippen molar-refractivity contribution in [2.75, 3.05) is 5.32 Å². The zero-order valence-corrected chi connectivity index (χ0v) is 14.5. The number of alkyl halides is 3. The summed E-state index contributed by atoms with van der Waals surface area (Å²) in [5.74, 6) is -0.415. The third-order valence-electron chi connectivity index (χ3n) is 5.01. The van der Waals surface area contributed by atoms with Crippen molar-refractivity contribution in [1.82, 2.24) is 9.97 Å². The van der Waals surface area contributed by atoms with E-state index in [1.165, 1.54) is 0 Å². The van der Waals surface area contributed by atoms with Gasteiger partial charge in [-0.05, 0) is 37.1 Å². The fraction of sp³-hybridized carbons (Fsp3) is 0.350. The third-order valence-corrected chi connectivity index (χ3v) is 5.01. The Morgan fingerprint density at radius 3 is 2.30 bits per heavy atom. The first-order valence-electron chi connectivity index (χ1n) is 9.00. The molecule has 1 saturated carbocycles. The van der Waals surface area contributed by atoms with E-state index in [-0.39, 0.29) is 28.5 Å². The van der Waals surface area contributed by atoms with Crippen molar-refractivity contribution >= 4 is 33.7 Å². The molecule has 3 aromatic rings. The number of anilines is 1. The second kappa shape index (κ2) is 6.79. The molecule has 2 aromatic carbocycles. The zero-order chi connectivity index (χ0) is 19.0. The highest BCUT2D eigenvalue weighted by Crippen LogP contribution is 2.35. The van der Waals surface area contributed by atoms with Gasteiger partial charge in [0.15, 0.2) is 0 Å². The summed E-state index contributed by atoms with van der Waals surface area (Å²) in [6.07, 6.45) is 0.00593. The van der Waals surface area contributed by atoms with Gasteiger partial charge in [-0.1, -0.05) is 31.4 Å². The summed E-state index contributed by atoms with van der Waals surface area (Å²) in [6.45, 7) is 0. The minimum Gasteiger partial charge on any atom is -0.324 e. The molecule has 7 heteroatoms. The molecule has 4 rings (SSSR count). The molecule has 1 N–H and O–H groups in total. The maximum absolute atomic E-state index is 13.3. The molecule has 0 spiro atoms. The number of nitrogens with zero attached hydrogens (tertiary/aromatic N) is 2. The zero-order valence-electron chi connectivity index (χ0n) is 14.5. The van der Waals surface area contributed by atoms with Crippen LogP contribution in [0, 0.1) is 5.92 Å². The third kappa shape index (κ3) is 3.59. The molecule has 1 amide bonds. The standard InChI is InChI=1S/C20H18F3N3O/c21-20(22,23)13-10-16-18(25-15-9-5-4-8-14(15)24-16)17(11-13)26-19(27)12-6-2-1-3-7-12/h4-5,8-12H,1-3,6-7H2,(H,26,27). The number of carbonyl (C=O) groups excluding carboxylic acids is 1. The van der Waals surface area contributed by atoms with Crippen LogP contribution in [0.1, 0.15) is 37.7 Å². The van der Waals surface area contributed by atoms with E-state index in [1.807, 2.05) is 0 Å². The molecular weight excluding hydrogens is 355 g/mol. The predicted molar refractivity (Wildman–Crippen MR) is 97.3 cm³/mol. The predicted octanol–water partition coefficient (Wildman–Crippen LogP) is 5.32. The second-order valence-corrected chi connectivity index (χ2v) is 6.93. The number of hydrogen-bond acceptors (Lipinski definition) is 3. The molecule has 1 aliphatic carbocycles.